The summed E-state index contributed by atoms with van der Waals surface area (Å²) in [6.45, 7) is 4.46. The molecular weight excluding hydrogens is 482 g/mol. The molecule has 0 radical (unpaired) electrons. The molecule has 5 nitrogen and oxygen atoms in total. The van der Waals surface area contributed by atoms with Gasteiger partial charge in [-0.15, -0.1) is 0 Å². The molecule has 1 aliphatic carbocycles. The Kier molecular flexibility index (Phi) is 8.54. The summed E-state index contributed by atoms with van der Waals surface area (Å²) >= 11 is 0. The van der Waals surface area contributed by atoms with Gasteiger partial charge in [-0.3, -0.25) is 0 Å². The number of hydrogen-bond donors (Lipinski definition) is 0. The van der Waals surface area contributed by atoms with E-state index in [0.29, 0.717) is 0 Å². The molecule has 0 bridgehead atoms. The highest BCUT2D eigenvalue weighted by atomic mass is 16.5. The predicted octanol–water partition coefficient (Wildman–Crippen LogP) is 8.52. The number of ether oxygens (including phenoxy) is 2. The summed E-state index contributed by atoms with van der Waals surface area (Å²) in [4.78, 5) is 2.19. The van der Waals surface area contributed by atoms with Gasteiger partial charge < -0.3 is 14.4 Å². The molecule has 5 heteroatoms. The van der Waals surface area contributed by atoms with Crippen LogP contribution in [0.3, 0.4) is 0 Å². The number of nitriles is 2. The van der Waals surface area contributed by atoms with Crippen molar-refractivity contribution in [2.75, 3.05) is 19.1 Å². The molecule has 3 aromatic carbocycles. The Morgan fingerprint density at radius 3 is 1.74 bits per heavy atom. The molecule has 0 fully saturated rings. The van der Waals surface area contributed by atoms with E-state index in [4.69, 9.17) is 20.0 Å². The van der Waals surface area contributed by atoms with Gasteiger partial charge in [-0.1, -0.05) is 49.8 Å². The van der Waals surface area contributed by atoms with Crippen molar-refractivity contribution >= 4 is 23.1 Å². The quantitative estimate of drug-likeness (QED) is 0.281. The minimum Gasteiger partial charge on any atom is -0.497 e. The molecule has 196 valence electrons. The van der Waals surface area contributed by atoms with Gasteiger partial charge in [0.25, 0.3) is 0 Å². The second-order valence-electron chi connectivity index (χ2n) is 10.4. The molecule has 1 aliphatic rings. The fraction of sp³-hybridized carbons (Fsp3) is 0.235. The molecule has 1 unspecified atom stereocenters. The summed E-state index contributed by atoms with van der Waals surface area (Å²) < 4.78 is 10.7. The topological polar surface area (TPSA) is 69.3 Å². The van der Waals surface area contributed by atoms with Gasteiger partial charge in [0, 0.05) is 17.1 Å². The van der Waals surface area contributed by atoms with Crippen molar-refractivity contribution in [3.05, 3.63) is 108 Å². The van der Waals surface area contributed by atoms with Crippen LogP contribution in [0.2, 0.25) is 0 Å². The third-order valence-electron chi connectivity index (χ3n) is 6.82. The van der Waals surface area contributed by atoms with Crippen LogP contribution in [0.15, 0.2) is 102 Å². The summed E-state index contributed by atoms with van der Waals surface area (Å²) in [7, 11) is 3.33. The number of hydrogen-bond acceptors (Lipinski definition) is 5. The third-order valence-corrected chi connectivity index (χ3v) is 6.82. The van der Waals surface area contributed by atoms with E-state index >= 15 is 0 Å². The second-order valence-corrected chi connectivity index (χ2v) is 10.4. The summed E-state index contributed by atoms with van der Waals surface area (Å²) in [5, 5.41) is 18.3. The fourth-order valence-electron chi connectivity index (χ4n) is 5.04. The van der Waals surface area contributed by atoms with Gasteiger partial charge in [0.1, 0.15) is 29.2 Å². The highest BCUT2D eigenvalue weighted by Crippen LogP contribution is 2.40. The maximum Gasteiger partial charge on any atom is 0.126 e. The van der Waals surface area contributed by atoms with E-state index in [1.807, 2.05) is 60.7 Å². The van der Waals surface area contributed by atoms with E-state index in [2.05, 4.69) is 61.2 Å². The molecule has 1 atom stereocenters. The minimum absolute atomic E-state index is 0.0765. The van der Waals surface area contributed by atoms with Crippen molar-refractivity contribution in [1.82, 2.24) is 0 Å². The molecule has 0 spiro atoms. The molecule has 0 amide bonds. The SMILES string of the molecule is COc1ccc(N(c2ccc(/C=C/C3=CC(C=C(C#N)C#N)CC(C)(C)C3)cc2)c2ccc(OC)cc2)cc1. The Labute approximate surface area is 231 Å². The third kappa shape index (κ3) is 6.98. The van der Waals surface area contributed by atoms with Crippen LogP contribution in [-0.2, 0) is 0 Å². The van der Waals surface area contributed by atoms with Crippen LogP contribution in [-0.4, -0.2) is 14.2 Å². The van der Waals surface area contributed by atoms with E-state index in [0.717, 1.165) is 47.0 Å². The number of allylic oxidation sites excluding steroid dienone is 5. The van der Waals surface area contributed by atoms with E-state index in [-0.39, 0.29) is 16.9 Å². The lowest BCUT2D eigenvalue weighted by Crippen LogP contribution is -2.20. The number of benzene rings is 3. The van der Waals surface area contributed by atoms with Gasteiger partial charge >= 0.3 is 0 Å². The van der Waals surface area contributed by atoms with Crippen molar-refractivity contribution in [3.63, 3.8) is 0 Å². The monoisotopic (exact) mass is 515 g/mol. The van der Waals surface area contributed by atoms with Gasteiger partial charge in [0.2, 0.25) is 0 Å². The molecule has 0 aromatic heterocycles. The molecule has 0 aliphatic heterocycles. The van der Waals surface area contributed by atoms with Crippen LogP contribution >= 0.6 is 0 Å². The molecule has 0 heterocycles. The molecule has 0 N–H and O–H groups in total. The minimum atomic E-state index is 0.0765. The predicted molar refractivity (Wildman–Crippen MR) is 157 cm³/mol. The number of nitrogens with zero attached hydrogens (tertiary/aromatic N) is 3. The molecular formula is C34H33N3O2. The van der Waals surface area contributed by atoms with Crippen molar-refractivity contribution in [3.8, 4) is 23.6 Å². The first kappa shape index (κ1) is 27.3. The van der Waals surface area contributed by atoms with Crippen LogP contribution < -0.4 is 14.4 Å². The smallest absolute Gasteiger partial charge is 0.126 e. The first-order valence-electron chi connectivity index (χ1n) is 12.9. The average molecular weight is 516 g/mol. The van der Waals surface area contributed by atoms with E-state index in [1.54, 1.807) is 20.3 Å². The maximum absolute atomic E-state index is 9.17. The largest absolute Gasteiger partial charge is 0.497 e. The number of rotatable bonds is 8. The van der Waals surface area contributed by atoms with Gasteiger partial charge in [-0.2, -0.15) is 10.5 Å². The normalized spacial score (nSPS) is 15.9. The zero-order valence-corrected chi connectivity index (χ0v) is 22.9. The fourth-order valence-corrected chi connectivity index (χ4v) is 5.04. The molecule has 39 heavy (non-hydrogen) atoms. The Balaban J connectivity index is 1.61. The van der Waals surface area contributed by atoms with Crippen LogP contribution in [0.5, 0.6) is 11.5 Å². The number of anilines is 3. The zero-order chi connectivity index (χ0) is 27.8. The second kappa shape index (κ2) is 12.2. The highest BCUT2D eigenvalue weighted by molar-refractivity contribution is 5.77. The van der Waals surface area contributed by atoms with E-state index in [9.17, 15) is 0 Å². The van der Waals surface area contributed by atoms with Crippen LogP contribution in [0, 0.1) is 34.0 Å². The molecule has 0 saturated carbocycles. The van der Waals surface area contributed by atoms with Crippen molar-refractivity contribution in [2.24, 2.45) is 11.3 Å². The molecule has 4 rings (SSSR count). The summed E-state index contributed by atoms with van der Waals surface area (Å²) in [5.74, 6) is 1.69. The first-order valence-corrected chi connectivity index (χ1v) is 12.9. The van der Waals surface area contributed by atoms with E-state index in [1.165, 1.54) is 5.57 Å². The summed E-state index contributed by atoms with van der Waals surface area (Å²) in [5.41, 5.74) is 5.64. The highest BCUT2D eigenvalue weighted by Gasteiger charge is 2.27. The maximum atomic E-state index is 9.17. The lowest BCUT2D eigenvalue weighted by Gasteiger charge is -2.32. The average Bonchev–Trinajstić information content (AvgIpc) is 2.95. The van der Waals surface area contributed by atoms with E-state index < -0.39 is 0 Å². The van der Waals surface area contributed by atoms with Gasteiger partial charge in [-0.05, 0) is 96.5 Å². The Morgan fingerprint density at radius 2 is 1.28 bits per heavy atom. The summed E-state index contributed by atoms with van der Waals surface area (Å²) in [6.07, 6.45) is 10.1. The van der Waals surface area contributed by atoms with Crippen LogP contribution in [0.25, 0.3) is 6.08 Å². The van der Waals surface area contributed by atoms with Crippen molar-refractivity contribution in [2.45, 2.75) is 26.7 Å². The number of methoxy groups -OCH3 is 2. The standard InChI is InChI=1S/C34H33N3O2/c1-34(2)21-26(19-27(22-34)20-28(23-35)24-36)6-5-25-7-9-29(10-8-25)37(30-11-15-32(38-3)16-12-30)31-13-17-33(39-4)18-14-31/h5-20,27H,21-22H2,1-4H3/b6-5+. The Hall–Kier alpha value is -4.74. The van der Waals surface area contributed by atoms with Gasteiger partial charge in [-0.25, -0.2) is 0 Å². The van der Waals surface area contributed by atoms with Crippen molar-refractivity contribution < 1.29 is 9.47 Å². The zero-order valence-electron chi connectivity index (χ0n) is 22.9. The molecule has 0 saturated heterocycles. The lowest BCUT2D eigenvalue weighted by atomic mass is 9.72. The van der Waals surface area contributed by atoms with Gasteiger partial charge in [0.05, 0.1) is 14.2 Å². The Bertz CT molecular complexity index is 1390. The van der Waals surface area contributed by atoms with Crippen LogP contribution in [0.4, 0.5) is 17.1 Å². The Morgan fingerprint density at radius 1 is 0.795 bits per heavy atom. The first-order chi connectivity index (χ1) is 18.8. The summed E-state index contributed by atoms with van der Waals surface area (Å²) in [6, 6.07) is 28.4. The van der Waals surface area contributed by atoms with Crippen molar-refractivity contribution in [1.29, 1.82) is 10.5 Å². The van der Waals surface area contributed by atoms with Gasteiger partial charge in [0.15, 0.2) is 0 Å². The van der Waals surface area contributed by atoms with Crippen LogP contribution in [0.1, 0.15) is 32.3 Å². The lowest BCUT2D eigenvalue weighted by molar-refractivity contribution is 0.295. The molecule has 3 aromatic rings.